The van der Waals surface area contributed by atoms with E-state index in [1.807, 2.05) is 19.1 Å². The highest BCUT2D eigenvalue weighted by atomic mass is 32.2. The molecule has 1 rings (SSSR count). The smallest absolute Gasteiger partial charge is 0.154 e. The van der Waals surface area contributed by atoms with Crippen molar-refractivity contribution in [2.75, 3.05) is 12.3 Å². The molecule has 0 radical (unpaired) electrons. The van der Waals surface area contributed by atoms with Crippen LogP contribution in [0.3, 0.4) is 0 Å². The molecule has 0 spiro atoms. The average Bonchev–Trinajstić information content (AvgIpc) is 2.44. The van der Waals surface area contributed by atoms with E-state index in [4.69, 9.17) is 0 Å². The van der Waals surface area contributed by atoms with Gasteiger partial charge in [0.15, 0.2) is 9.84 Å². The second-order valence-electron chi connectivity index (χ2n) is 4.79. The predicted octanol–water partition coefficient (Wildman–Crippen LogP) is 2.72. The molecule has 2 unspecified atom stereocenters. The molecular formula is C15H25NO2S. The monoisotopic (exact) mass is 283 g/mol. The molecule has 0 bridgehead atoms. The fraction of sp³-hybridized carbons (Fsp3) is 0.600. The molecule has 0 amide bonds. The van der Waals surface area contributed by atoms with Gasteiger partial charge in [-0.1, -0.05) is 45.0 Å². The zero-order valence-corrected chi connectivity index (χ0v) is 13.1. The van der Waals surface area contributed by atoms with Crippen LogP contribution in [0, 0.1) is 0 Å². The average molecular weight is 283 g/mol. The van der Waals surface area contributed by atoms with E-state index in [1.54, 1.807) is 13.8 Å². The number of hydrogen-bond donors (Lipinski definition) is 1. The normalized spacial score (nSPS) is 15.2. The molecule has 1 N–H and O–H groups in total. The number of nitrogens with one attached hydrogen (secondary N) is 1. The number of rotatable bonds is 7. The molecular weight excluding hydrogens is 258 g/mol. The molecule has 0 saturated carbocycles. The van der Waals surface area contributed by atoms with E-state index in [2.05, 4.69) is 24.4 Å². The SMILES string of the molecule is CCNC(c1ccc(CC)cc1)C(C)S(=O)(=O)CC. The van der Waals surface area contributed by atoms with Crippen molar-refractivity contribution in [3.63, 3.8) is 0 Å². The summed E-state index contributed by atoms with van der Waals surface area (Å²) in [6.07, 6.45) is 0.995. The van der Waals surface area contributed by atoms with Crippen molar-refractivity contribution in [2.45, 2.75) is 45.4 Å². The first-order valence-electron chi connectivity index (χ1n) is 7.00. The number of benzene rings is 1. The van der Waals surface area contributed by atoms with Gasteiger partial charge in [0.2, 0.25) is 0 Å². The molecule has 1 aromatic carbocycles. The molecule has 0 fully saturated rings. The summed E-state index contributed by atoms with van der Waals surface area (Å²) < 4.78 is 24.1. The quantitative estimate of drug-likeness (QED) is 0.837. The van der Waals surface area contributed by atoms with E-state index >= 15 is 0 Å². The highest BCUT2D eigenvalue weighted by molar-refractivity contribution is 7.92. The van der Waals surface area contributed by atoms with Gasteiger partial charge in [0.1, 0.15) is 0 Å². The summed E-state index contributed by atoms with van der Waals surface area (Å²) in [5.74, 6) is 0.184. The predicted molar refractivity (Wildman–Crippen MR) is 81.2 cm³/mol. The van der Waals surface area contributed by atoms with Crippen LogP contribution in [0.2, 0.25) is 0 Å². The Labute approximate surface area is 117 Å². The van der Waals surface area contributed by atoms with Crippen LogP contribution in [0.4, 0.5) is 0 Å². The van der Waals surface area contributed by atoms with Crippen molar-refractivity contribution in [3.8, 4) is 0 Å². The lowest BCUT2D eigenvalue weighted by Crippen LogP contribution is -2.36. The molecule has 0 aromatic heterocycles. The zero-order valence-electron chi connectivity index (χ0n) is 12.3. The van der Waals surface area contributed by atoms with Crippen LogP contribution in [-0.4, -0.2) is 26.0 Å². The van der Waals surface area contributed by atoms with E-state index in [0.717, 1.165) is 18.5 Å². The third-order valence-corrected chi connectivity index (χ3v) is 5.82. The molecule has 1 aromatic rings. The Morgan fingerprint density at radius 1 is 1.11 bits per heavy atom. The van der Waals surface area contributed by atoms with Crippen molar-refractivity contribution in [2.24, 2.45) is 0 Å². The van der Waals surface area contributed by atoms with Gasteiger partial charge >= 0.3 is 0 Å². The lowest BCUT2D eigenvalue weighted by atomic mass is 10.0. The summed E-state index contributed by atoms with van der Waals surface area (Å²) in [5.41, 5.74) is 2.31. The fourth-order valence-corrected chi connectivity index (χ4v) is 3.40. The molecule has 0 aliphatic rings. The first-order chi connectivity index (χ1) is 8.96. The van der Waals surface area contributed by atoms with E-state index in [1.165, 1.54) is 5.56 Å². The standard InChI is InChI=1S/C15H25NO2S/c1-5-13-8-10-14(11-9-13)15(16-6-2)12(4)19(17,18)7-3/h8-12,15-16H,5-7H2,1-4H3. The van der Waals surface area contributed by atoms with Gasteiger partial charge in [0.25, 0.3) is 0 Å². The molecule has 4 heteroatoms. The van der Waals surface area contributed by atoms with Crippen molar-refractivity contribution in [1.82, 2.24) is 5.32 Å². The minimum atomic E-state index is -3.05. The molecule has 0 aliphatic carbocycles. The van der Waals surface area contributed by atoms with Gasteiger partial charge in [-0.2, -0.15) is 0 Å². The van der Waals surface area contributed by atoms with Gasteiger partial charge in [0, 0.05) is 11.8 Å². The Kier molecular flexibility index (Phi) is 6.01. The summed E-state index contributed by atoms with van der Waals surface area (Å²) in [6, 6.07) is 8.08. The van der Waals surface area contributed by atoms with E-state index in [0.29, 0.717) is 0 Å². The molecule has 2 atom stereocenters. The maximum absolute atomic E-state index is 12.1. The van der Waals surface area contributed by atoms with Crippen molar-refractivity contribution in [1.29, 1.82) is 0 Å². The largest absolute Gasteiger partial charge is 0.309 e. The minimum Gasteiger partial charge on any atom is -0.309 e. The second kappa shape index (κ2) is 7.06. The molecule has 0 heterocycles. The zero-order chi connectivity index (χ0) is 14.5. The van der Waals surface area contributed by atoms with Crippen LogP contribution in [0.25, 0.3) is 0 Å². The Hall–Kier alpha value is -0.870. The van der Waals surface area contributed by atoms with Gasteiger partial charge in [0.05, 0.1) is 5.25 Å². The third-order valence-electron chi connectivity index (χ3n) is 3.61. The molecule has 0 saturated heterocycles. The van der Waals surface area contributed by atoms with Crippen LogP contribution in [0.5, 0.6) is 0 Å². The summed E-state index contributed by atoms with van der Waals surface area (Å²) in [4.78, 5) is 0. The van der Waals surface area contributed by atoms with E-state index < -0.39 is 15.1 Å². The maximum atomic E-state index is 12.1. The Balaban J connectivity index is 3.05. The summed E-state index contributed by atoms with van der Waals surface area (Å²) in [5, 5.41) is 2.89. The Bertz CT molecular complexity index is 479. The van der Waals surface area contributed by atoms with Gasteiger partial charge in [-0.25, -0.2) is 8.42 Å². The molecule has 19 heavy (non-hydrogen) atoms. The lowest BCUT2D eigenvalue weighted by Gasteiger charge is -2.25. The van der Waals surface area contributed by atoms with Crippen LogP contribution >= 0.6 is 0 Å². The fourth-order valence-electron chi connectivity index (χ4n) is 2.21. The van der Waals surface area contributed by atoms with Crippen LogP contribution in [0.15, 0.2) is 24.3 Å². The number of hydrogen-bond acceptors (Lipinski definition) is 3. The Morgan fingerprint density at radius 2 is 1.68 bits per heavy atom. The third kappa shape index (κ3) is 4.05. The van der Waals surface area contributed by atoms with Crippen molar-refractivity contribution >= 4 is 9.84 Å². The summed E-state index contributed by atoms with van der Waals surface area (Å²) in [6.45, 7) is 8.36. The van der Waals surface area contributed by atoms with E-state index in [-0.39, 0.29) is 11.8 Å². The Morgan fingerprint density at radius 3 is 2.11 bits per heavy atom. The number of sulfone groups is 1. The first kappa shape index (κ1) is 16.2. The van der Waals surface area contributed by atoms with Crippen LogP contribution < -0.4 is 5.32 Å². The highest BCUT2D eigenvalue weighted by Crippen LogP contribution is 2.23. The molecule has 3 nitrogen and oxygen atoms in total. The summed E-state index contributed by atoms with van der Waals surface area (Å²) in [7, 11) is -3.05. The lowest BCUT2D eigenvalue weighted by molar-refractivity contribution is 0.510. The topological polar surface area (TPSA) is 46.2 Å². The molecule has 108 valence electrons. The van der Waals surface area contributed by atoms with Crippen molar-refractivity contribution < 1.29 is 8.42 Å². The number of aryl methyl sites for hydroxylation is 1. The van der Waals surface area contributed by atoms with Gasteiger partial charge in [-0.05, 0) is 31.0 Å². The van der Waals surface area contributed by atoms with Gasteiger partial charge in [-0.15, -0.1) is 0 Å². The van der Waals surface area contributed by atoms with Gasteiger partial charge < -0.3 is 5.32 Å². The maximum Gasteiger partial charge on any atom is 0.154 e. The molecule has 0 aliphatic heterocycles. The summed E-state index contributed by atoms with van der Waals surface area (Å²) >= 11 is 0. The first-order valence-corrected chi connectivity index (χ1v) is 8.71. The van der Waals surface area contributed by atoms with Gasteiger partial charge in [-0.3, -0.25) is 0 Å². The van der Waals surface area contributed by atoms with Crippen LogP contribution in [-0.2, 0) is 16.3 Å². The second-order valence-corrected chi connectivity index (χ2v) is 7.43. The minimum absolute atomic E-state index is 0.138. The van der Waals surface area contributed by atoms with E-state index in [9.17, 15) is 8.42 Å². The highest BCUT2D eigenvalue weighted by Gasteiger charge is 2.28. The van der Waals surface area contributed by atoms with Crippen LogP contribution in [0.1, 0.15) is 44.9 Å². The van der Waals surface area contributed by atoms with Crippen molar-refractivity contribution in [3.05, 3.63) is 35.4 Å².